The van der Waals surface area contributed by atoms with Crippen molar-refractivity contribution in [2.75, 3.05) is 5.32 Å². The Labute approximate surface area is 154 Å². The number of hydrogen-bond acceptors (Lipinski definition) is 2. The van der Waals surface area contributed by atoms with Gasteiger partial charge in [-0.1, -0.05) is 42.0 Å². The molecule has 0 aromatic heterocycles. The van der Waals surface area contributed by atoms with Crippen LogP contribution in [-0.2, 0) is 0 Å². The molecule has 0 atom stereocenters. The molecule has 0 unspecified atom stereocenters. The molecule has 1 amide bonds. The summed E-state index contributed by atoms with van der Waals surface area (Å²) in [6, 6.07) is 22.7. The third-order valence-electron chi connectivity index (χ3n) is 3.48. The van der Waals surface area contributed by atoms with Gasteiger partial charge in [0, 0.05) is 3.57 Å². The molecule has 0 saturated carbocycles. The first kappa shape index (κ1) is 16.5. The summed E-state index contributed by atoms with van der Waals surface area (Å²) >= 11 is 2.18. The molecule has 0 spiro atoms. The quantitative estimate of drug-likeness (QED) is 0.545. The van der Waals surface area contributed by atoms with Crippen LogP contribution in [0.3, 0.4) is 0 Å². The van der Waals surface area contributed by atoms with E-state index < -0.39 is 0 Å². The van der Waals surface area contributed by atoms with E-state index in [2.05, 4.69) is 27.9 Å². The molecule has 0 heterocycles. The molecule has 1 N–H and O–H groups in total. The second-order valence-corrected chi connectivity index (χ2v) is 6.51. The molecule has 3 aromatic carbocycles. The van der Waals surface area contributed by atoms with Crippen LogP contribution in [0.1, 0.15) is 15.9 Å². The van der Waals surface area contributed by atoms with Gasteiger partial charge in [-0.3, -0.25) is 4.79 Å². The Morgan fingerprint density at radius 2 is 1.67 bits per heavy atom. The van der Waals surface area contributed by atoms with Gasteiger partial charge < -0.3 is 10.1 Å². The summed E-state index contributed by atoms with van der Waals surface area (Å²) in [6.45, 7) is 2.01. The fourth-order valence-electron chi connectivity index (χ4n) is 2.27. The van der Waals surface area contributed by atoms with Gasteiger partial charge in [0.25, 0.3) is 5.91 Å². The highest BCUT2D eigenvalue weighted by Crippen LogP contribution is 2.29. The molecule has 0 aliphatic carbocycles. The van der Waals surface area contributed by atoms with E-state index in [1.807, 2.05) is 79.7 Å². The number of rotatable bonds is 4. The summed E-state index contributed by atoms with van der Waals surface area (Å²) in [6.07, 6.45) is 0. The Morgan fingerprint density at radius 3 is 2.42 bits per heavy atom. The highest BCUT2D eigenvalue weighted by Gasteiger charge is 2.13. The summed E-state index contributed by atoms with van der Waals surface area (Å²) < 4.78 is 6.80. The topological polar surface area (TPSA) is 38.3 Å². The predicted molar refractivity (Wildman–Crippen MR) is 105 cm³/mol. The van der Waals surface area contributed by atoms with E-state index in [4.69, 9.17) is 4.74 Å². The van der Waals surface area contributed by atoms with Crippen LogP contribution < -0.4 is 10.1 Å². The van der Waals surface area contributed by atoms with Crippen molar-refractivity contribution in [3.8, 4) is 11.5 Å². The fourth-order valence-corrected chi connectivity index (χ4v) is 3.18. The normalized spacial score (nSPS) is 10.2. The number of aryl methyl sites for hydroxylation is 1. The molecule has 4 heteroatoms. The third-order valence-corrected chi connectivity index (χ3v) is 4.37. The standard InChI is InChI=1S/C20H16INO2/c1-14-11-12-16(17(21)13-14)20(23)22-18-9-5-6-10-19(18)24-15-7-3-2-4-8-15/h2-13H,1H3,(H,22,23). The molecular weight excluding hydrogens is 413 g/mol. The van der Waals surface area contributed by atoms with E-state index in [1.54, 1.807) is 0 Å². The first-order chi connectivity index (χ1) is 11.6. The minimum atomic E-state index is -0.150. The smallest absolute Gasteiger partial charge is 0.256 e. The van der Waals surface area contributed by atoms with Crippen LogP contribution in [0.4, 0.5) is 5.69 Å². The second-order valence-electron chi connectivity index (χ2n) is 5.35. The Balaban J connectivity index is 1.84. The van der Waals surface area contributed by atoms with Gasteiger partial charge in [0.2, 0.25) is 0 Å². The number of para-hydroxylation sites is 3. The van der Waals surface area contributed by atoms with E-state index in [-0.39, 0.29) is 5.91 Å². The van der Waals surface area contributed by atoms with Crippen molar-refractivity contribution in [3.63, 3.8) is 0 Å². The van der Waals surface area contributed by atoms with Crippen molar-refractivity contribution in [3.05, 3.63) is 87.5 Å². The van der Waals surface area contributed by atoms with Crippen LogP contribution in [0.2, 0.25) is 0 Å². The average Bonchev–Trinajstić information content (AvgIpc) is 2.57. The molecule has 3 nitrogen and oxygen atoms in total. The first-order valence-electron chi connectivity index (χ1n) is 7.53. The van der Waals surface area contributed by atoms with Crippen LogP contribution >= 0.6 is 22.6 Å². The van der Waals surface area contributed by atoms with E-state index in [0.29, 0.717) is 17.0 Å². The van der Waals surface area contributed by atoms with Gasteiger partial charge in [0.05, 0.1) is 11.3 Å². The summed E-state index contributed by atoms with van der Waals surface area (Å²) in [5, 5.41) is 2.94. The van der Waals surface area contributed by atoms with Crippen molar-refractivity contribution in [1.29, 1.82) is 0 Å². The molecule has 0 aliphatic rings. The number of carbonyl (C=O) groups is 1. The van der Waals surface area contributed by atoms with E-state index in [9.17, 15) is 4.79 Å². The van der Waals surface area contributed by atoms with Gasteiger partial charge >= 0.3 is 0 Å². The average molecular weight is 429 g/mol. The Kier molecular flexibility index (Phi) is 5.15. The summed E-state index contributed by atoms with van der Waals surface area (Å²) in [5.41, 5.74) is 2.42. The van der Waals surface area contributed by atoms with Crippen molar-refractivity contribution in [1.82, 2.24) is 0 Å². The van der Waals surface area contributed by atoms with Crippen LogP contribution in [0, 0.1) is 10.5 Å². The van der Waals surface area contributed by atoms with Crippen molar-refractivity contribution >= 4 is 34.2 Å². The van der Waals surface area contributed by atoms with Crippen LogP contribution in [0.25, 0.3) is 0 Å². The molecule has 24 heavy (non-hydrogen) atoms. The maximum absolute atomic E-state index is 12.6. The van der Waals surface area contributed by atoms with E-state index in [1.165, 1.54) is 0 Å². The minimum absolute atomic E-state index is 0.150. The maximum atomic E-state index is 12.6. The number of amides is 1. The van der Waals surface area contributed by atoms with Gasteiger partial charge in [0.15, 0.2) is 5.75 Å². The van der Waals surface area contributed by atoms with Crippen LogP contribution in [0.5, 0.6) is 11.5 Å². The number of carbonyl (C=O) groups excluding carboxylic acids is 1. The fraction of sp³-hybridized carbons (Fsp3) is 0.0500. The number of anilines is 1. The zero-order valence-electron chi connectivity index (χ0n) is 13.1. The van der Waals surface area contributed by atoms with Crippen LogP contribution in [-0.4, -0.2) is 5.91 Å². The van der Waals surface area contributed by atoms with Gasteiger partial charge in [0.1, 0.15) is 5.75 Å². The Morgan fingerprint density at radius 1 is 0.958 bits per heavy atom. The maximum Gasteiger partial charge on any atom is 0.256 e. The van der Waals surface area contributed by atoms with Crippen molar-refractivity contribution in [2.24, 2.45) is 0 Å². The second kappa shape index (κ2) is 7.49. The van der Waals surface area contributed by atoms with Gasteiger partial charge in [-0.2, -0.15) is 0 Å². The third kappa shape index (κ3) is 3.94. The van der Waals surface area contributed by atoms with Crippen LogP contribution in [0.15, 0.2) is 72.8 Å². The van der Waals surface area contributed by atoms with Crippen molar-refractivity contribution < 1.29 is 9.53 Å². The summed E-state index contributed by atoms with van der Waals surface area (Å²) in [7, 11) is 0. The Hall–Kier alpha value is -2.34. The molecule has 0 radical (unpaired) electrons. The molecule has 120 valence electrons. The molecular formula is C20H16INO2. The van der Waals surface area contributed by atoms with E-state index in [0.717, 1.165) is 14.9 Å². The van der Waals surface area contributed by atoms with Gasteiger partial charge in [-0.25, -0.2) is 0 Å². The molecule has 0 bridgehead atoms. The number of ether oxygens (including phenoxy) is 1. The summed E-state index contributed by atoms with van der Waals surface area (Å²) in [4.78, 5) is 12.6. The molecule has 0 aliphatic heterocycles. The molecule has 0 saturated heterocycles. The molecule has 0 fully saturated rings. The lowest BCUT2D eigenvalue weighted by molar-refractivity contribution is 0.102. The Bertz CT molecular complexity index is 863. The highest BCUT2D eigenvalue weighted by molar-refractivity contribution is 14.1. The first-order valence-corrected chi connectivity index (χ1v) is 8.61. The SMILES string of the molecule is Cc1ccc(C(=O)Nc2ccccc2Oc2ccccc2)c(I)c1. The largest absolute Gasteiger partial charge is 0.455 e. The lowest BCUT2D eigenvalue weighted by Gasteiger charge is -2.13. The van der Waals surface area contributed by atoms with Gasteiger partial charge in [-0.15, -0.1) is 0 Å². The molecule has 3 aromatic rings. The number of hydrogen-bond donors (Lipinski definition) is 1. The lowest BCUT2D eigenvalue weighted by Crippen LogP contribution is -2.14. The highest BCUT2D eigenvalue weighted by atomic mass is 127. The summed E-state index contributed by atoms with van der Waals surface area (Å²) in [5.74, 6) is 1.19. The minimum Gasteiger partial charge on any atom is -0.455 e. The predicted octanol–water partition coefficient (Wildman–Crippen LogP) is 5.64. The zero-order valence-corrected chi connectivity index (χ0v) is 15.3. The molecule has 3 rings (SSSR count). The number of benzene rings is 3. The van der Waals surface area contributed by atoms with Gasteiger partial charge in [-0.05, 0) is 65.9 Å². The zero-order chi connectivity index (χ0) is 16.9. The monoisotopic (exact) mass is 429 g/mol. The number of halogens is 1. The van der Waals surface area contributed by atoms with E-state index >= 15 is 0 Å². The number of nitrogens with one attached hydrogen (secondary N) is 1. The van der Waals surface area contributed by atoms with Crippen molar-refractivity contribution in [2.45, 2.75) is 6.92 Å². The lowest BCUT2D eigenvalue weighted by atomic mass is 10.1.